The lowest BCUT2D eigenvalue weighted by Crippen LogP contribution is -2.36. The molecule has 4 rings (SSSR count). The molecule has 0 saturated carbocycles. The van der Waals surface area contributed by atoms with Gasteiger partial charge in [-0.05, 0) is 45.8 Å². The summed E-state index contributed by atoms with van der Waals surface area (Å²) < 4.78 is 12.5. The van der Waals surface area contributed by atoms with Crippen LogP contribution in [0.4, 0.5) is 10.5 Å². The van der Waals surface area contributed by atoms with Crippen LogP contribution in [-0.4, -0.2) is 62.8 Å². The predicted molar refractivity (Wildman–Crippen MR) is 182 cm³/mol. The van der Waals surface area contributed by atoms with E-state index in [1.165, 1.54) is 16.8 Å². The Kier molecular flexibility index (Phi) is 12.8. The number of ketones is 1. The summed E-state index contributed by atoms with van der Waals surface area (Å²) in [6, 6.07) is 12.7. The maximum absolute atomic E-state index is 13.4. The molecule has 1 aliphatic rings. The maximum atomic E-state index is 13.4. The minimum atomic E-state index is -0.794. The van der Waals surface area contributed by atoms with Crippen molar-refractivity contribution in [1.29, 1.82) is 0 Å². The number of aliphatic hydroxyl groups is 1. The first-order valence-corrected chi connectivity index (χ1v) is 16.1. The van der Waals surface area contributed by atoms with E-state index < -0.39 is 17.3 Å². The molecule has 0 radical (unpaired) electrons. The Balaban J connectivity index is 1.26. The van der Waals surface area contributed by atoms with Gasteiger partial charge in [-0.1, -0.05) is 67.0 Å². The number of hydrogen-bond donors (Lipinski definition) is 3. The summed E-state index contributed by atoms with van der Waals surface area (Å²) in [4.78, 5) is 59.2. The fourth-order valence-corrected chi connectivity index (χ4v) is 5.17. The van der Waals surface area contributed by atoms with Crippen LogP contribution in [0, 0.1) is 0 Å². The normalized spacial score (nSPS) is 13.4. The summed E-state index contributed by atoms with van der Waals surface area (Å²) in [5.41, 5.74) is 0.791. The summed E-state index contributed by atoms with van der Waals surface area (Å²) in [5.74, 6) is 0.00745. The smallest absolute Gasteiger partial charge is 0.412 e. The zero-order chi connectivity index (χ0) is 34.5. The van der Waals surface area contributed by atoms with Crippen molar-refractivity contribution in [2.45, 2.75) is 70.9 Å². The average molecular weight is 658 g/mol. The van der Waals surface area contributed by atoms with Gasteiger partial charge in [0.25, 0.3) is 5.56 Å². The van der Waals surface area contributed by atoms with E-state index in [2.05, 4.69) is 20.6 Å². The SMILES string of the molecule is CC(C)(C)OC(=O)Nc1cnc(-c2ccccc2)n(CC(=O)NCCCCCCOc2ncccc2C(CO)C2=CC=CC(=O)C2)c1=O. The minimum absolute atomic E-state index is 0.00171. The van der Waals surface area contributed by atoms with Crippen molar-refractivity contribution in [2.75, 3.05) is 25.1 Å². The fourth-order valence-electron chi connectivity index (χ4n) is 5.17. The molecule has 12 nitrogen and oxygen atoms in total. The van der Waals surface area contributed by atoms with E-state index in [0.29, 0.717) is 30.4 Å². The number of benzene rings is 1. The van der Waals surface area contributed by atoms with Crippen molar-refractivity contribution < 1.29 is 29.0 Å². The molecule has 1 atom stereocenters. The Morgan fingerprint density at radius 3 is 2.52 bits per heavy atom. The lowest BCUT2D eigenvalue weighted by atomic mass is 9.87. The number of anilines is 1. The molecule has 3 N–H and O–H groups in total. The van der Waals surface area contributed by atoms with E-state index in [1.54, 1.807) is 63.4 Å². The number of ether oxygens (including phenoxy) is 2. The Bertz CT molecular complexity index is 1690. The van der Waals surface area contributed by atoms with Gasteiger partial charge in [-0.2, -0.15) is 0 Å². The third-order valence-corrected chi connectivity index (χ3v) is 7.43. The molecule has 2 heterocycles. The summed E-state index contributed by atoms with van der Waals surface area (Å²) in [5, 5.41) is 15.4. The second kappa shape index (κ2) is 17.2. The number of hydrogen-bond acceptors (Lipinski definition) is 9. The summed E-state index contributed by atoms with van der Waals surface area (Å²) in [7, 11) is 0. The first kappa shape index (κ1) is 35.7. The monoisotopic (exact) mass is 657 g/mol. The topological polar surface area (TPSA) is 162 Å². The van der Waals surface area contributed by atoms with Gasteiger partial charge in [0.05, 0.1) is 19.4 Å². The number of aromatic nitrogens is 3. The number of aliphatic hydroxyl groups excluding tert-OH is 1. The highest BCUT2D eigenvalue weighted by Gasteiger charge is 2.23. The largest absolute Gasteiger partial charge is 0.477 e. The molecular formula is C36H43N5O7. The molecule has 0 bridgehead atoms. The number of pyridine rings is 1. The van der Waals surface area contributed by atoms with Crippen LogP contribution in [0.15, 0.2) is 83.5 Å². The molecule has 3 aromatic rings. The van der Waals surface area contributed by atoms with Gasteiger partial charge in [-0.3, -0.25) is 24.3 Å². The van der Waals surface area contributed by atoms with Crippen LogP contribution in [0.25, 0.3) is 11.4 Å². The van der Waals surface area contributed by atoms with Crippen molar-refractivity contribution in [3.63, 3.8) is 0 Å². The predicted octanol–water partition coefficient (Wildman–Crippen LogP) is 4.94. The van der Waals surface area contributed by atoms with E-state index in [9.17, 15) is 24.3 Å². The quantitative estimate of drug-likeness (QED) is 0.192. The maximum Gasteiger partial charge on any atom is 0.412 e. The van der Waals surface area contributed by atoms with Gasteiger partial charge in [0.1, 0.15) is 23.7 Å². The van der Waals surface area contributed by atoms with Gasteiger partial charge in [0.15, 0.2) is 5.78 Å². The number of carbonyl (C=O) groups excluding carboxylic acids is 3. The second-order valence-electron chi connectivity index (χ2n) is 12.4. The Hall–Kier alpha value is -5.10. The Labute approximate surface area is 279 Å². The zero-order valence-corrected chi connectivity index (χ0v) is 27.6. The van der Waals surface area contributed by atoms with Crippen LogP contribution in [0.2, 0.25) is 0 Å². The molecule has 1 aliphatic carbocycles. The van der Waals surface area contributed by atoms with E-state index in [-0.39, 0.29) is 42.9 Å². The van der Waals surface area contributed by atoms with Crippen molar-refractivity contribution in [3.05, 3.63) is 94.6 Å². The van der Waals surface area contributed by atoms with Crippen LogP contribution < -0.4 is 20.9 Å². The third-order valence-electron chi connectivity index (χ3n) is 7.43. The van der Waals surface area contributed by atoms with Gasteiger partial charge in [-0.25, -0.2) is 14.8 Å². The molecule has 254 valence electrons. The molecule has 2 aromatic heterocycles. The van der Waals surface area contributed by atoms with Crippen molar-refractivity contribution in [1.82, 2.24) is 19.9 Å². The zero-order valence-electron chi connectivity index (χ0n) is 27.6. The lowest BCUT2D eigenvalue weighted by Gasteiger charge is -2.21. The second-order valence-corrected chi connectivity index (χ2v) is 12.4. The number of amides is 2. The van der Waals surface area contributed by atoms with Crippen molar-refractivity contribution >= 4 is 23.5 Å². The molecule has 0 fully saturated rings. The van der Waals surface area contributed by atoms with E-state index in [4.69, 9.17) is 9.47 Å². The molecule has 2 amide bonds. The molecule has 0 spiro atoms. The first-order valence-electron chi connectivity index (χ1n) is 16.1. The number of unbranched alkanes of at least 4 members (excludes halogenated alkanes) is 3. The standard InChI is InChI=1S/C36H43N5O7/c1-36(2,3)48-35(46)40-30-22-39-32(25-13-7-6-8-14-25)41(34(30)45)23-31(44)37-18-9-4-5-10-20-47-33-28(17-12-19-38-33)29(24-42)26-15-11-16-27(43)21-26/h6-8,11-17,19,22,29,42H,4-5,9-10,18,20-21,23-24H2,1-3H3,(H,37,44)(H,40,46). The summed E-state index contributed by atoms with van der Waals surface area (Å²) in [6.45, 7) is 5.55. The number of nitrogens with one attached hydrogen (secondary N) is 2. The van der Waals surface area contributed by atoms with Crippen LogP contribution in [-0.2, 0) is 20.9 Å². The van der Waals surface area contributed by atoms with Crippen LogP contribution in [0.3, 0.4) is 0 Å². The molecule has 1 aromatic carbocycles. The Morgan fingerprint density at radius 2 is 1.79 bits per heavy atom. The van der Waals surface area contributed by atoms with Gasteiger partial charge >= 0.3 is 6.09 Å². The molecule has 48 heavy (non-hydrogen) atoms. The number of allylic oxidation sites excluding steroid dienone is 3. The van der Waals surface area contributed by atoms with Crippen LogP contribution in [0.1, 0.15) is 64.4 Å². The summed E-state index contributed by atoms with van der Waals surface area (Å²) in [6.07, 6.45) is 10.6. The number of rotatable bonds is 15. The highest BCUT2D eigenvalue weighted by molar-refractivity contribution is 5.93. The van der Waals surface area contributed by atoms with E-state index in [0.717, 1.165) is 36.8 Å². The molecule has 0 saturated heterocycles. The molecule has 12 heteroatoms. The van der Waals surface area contributed by atoms with Gasteiger partial charge in [0.2, 0.25) is 11.8 Å². The van der Waals surface area contributed by atoms with Crippen LogP contribution >= 0.6 is 0 Å². The van der Waals surface area contributed by atoms with Gasteiger partial charge in [0, 0.05) is 36.2 Å². The number of nitrogens with zero attached hydrogens (tertiary/aromatic N) is 3. The third kappa shape index (κ3) is 10.5. The first-order chi connectivity index (χ1) is 23.1. The van der Waals surface area contributed by atoms with E-state index in [1.807, 2.05) is 18.2 Å². The lowest BCUT2D eigenvalue weighted by molar-refractivity contribution is -0.121. The minimum Gasteiger partial charge on any atom is -0.477 e. The molecular weight excluding hydrogens is 614 g/mol. The fraction of sp³-hybridized carbons (Fsp3) is 0.389. The van der Waals surface area contributed by atoms with Crippen LogP contribution in [0.5, 0.6) is 5.88 Å². The number of carbonyl (C=O) groups is 3. The highest BCUT2D eigenvalue weighted by Crippen LogP contribution is 2.33. The van der Waals surface area contributed by atoms with Crippen molar-refractivity contribution in [2.24, 2.45) is 0 Å². The molecule has 0 aliphatic heterocycles. The average Bonchev–Trinajstić information content (AvgIpc) is 3.05. The van der Waals surface area contributed by atoms with E-state index >= 15 is 0 Å². The highest BCUT2D eigenvalue weighted by atomic mass is 16.6. The molecule has 1 unspecified atom stereocenters. The van der Waals surface area contributed by atoms with Gasteiger partial charge < -0.3 is 19.9 Å². The van der Waals surface area contributed by atoms with Crippen molar-refractivity contribution in [3.8, 4) is 17.3 Å². The Morgan fingerprint density at radius 1 is 1.02 bits per heavy atom. The van der Waals surface area contributed by atoms with Gasteiger partial charge in [-0.15, -0.1) is 0 Å². The summed E-state index contributed by atoms with van der Waals surface area (Å²) >= 11 is 0.